The number of hydrogen-bond donors (Lipinski definition) is 2. The molecule has 4 saturated carbocycles. The standard InChI is InChI=1S/C26H28N6O2S/c33-22(28-24(34)29-26-13-17-10-18(14-26)12-19(11-17)15-26)16-35-25-31-30-23(20-6-8-27-9-7-20)32(25)21-4-2-1-3-5-21/h1-9,17-19H,10-16H2,(H2,28,29,33,34). The third-order valence-corrected chi connectivity index (χ3v) is 8.52. The third-order valence-electron chi connectivity index (χ3n) is 7.59. The summed E-state index contributed by atoms with van der Waals surface area (Å²) in [5.74, 6) is 2.58. The van der Waals surface area contributed by atoms with Gasteiger partial charge in [0.1, 0.15) is 0 Å². The van der Waals surface area contributed by atoms with Crippen molar-refractivity contribution in [3.8, 4) is 17.1 Å². The number of carbonyl (C=O) groups excluding carboxylic acids is 2. The molecular formula is C26H28N6O2S. The molecule has 2 heterocycles. The number of thioether (sulfide) groups is 1. The molecule has 2 aromatic heterocycles. The van der Waals surface area contributed by atoms with E-state index in [0.29, 0.717) is 11.0 Å². The number of aromatic nitrogens is 4. The Morgan fingerprint density at radius 2 is 1.60 bits per heavy atom. The van der Waals surface area contributed by atoms with Gasteiger partial charge in [0.05, 0.1) is 5.75 Å². The molecule has 180 valence electrons. The van der Waals surface area contributed by atoms with E-state index in [1.165, 1.54) is 31.0 Å². The number of carbonyl (C=O) groups is 2. The lowest BCUT2D eigenvalue weighted by Crippen LogP contribution is -2.61. The summed E-state index contributed by atoms with van der Waals surface area (Å²) < 4.78 is 1.92. The van der Waals surface area contributed by atoms with E-state index in [1.54, 1.807) is 12.4 Å². The Morgan fingerprint density at radius 3 is 2.26 bits per heavy atom. The van der Waals surface area contributed by atoms with E-state index in [2.05, 4.69) is 25.8 Å². The van der Waals surface area contributed by atoms with Crippen molar-refractivity contribution < 1.29 is 9.59 Å². The maximum atomic E-state index is 12.7. The van der Waals surface area contributed by atoms with Gasteiger partial charge in [-0.1, -0.05) is 30.0 Å². The van der Waals surface area contributed by atoms with Gasteiger partial charge >= 0.3 is 6.03 Å². The monoisotopic (exact) mass is 488 g/mol. The molecule has 1 aromatic carbocycles. The van der Waals surface area contributed by atoms with Gasteiger partial charge in [-0.25, -0.2) is 4.79 Å². The molecule has 0 radical (unpaired) electrons. The van der Waals surface area contributed by atoms with Crippen molar-refractivity contribution in [3.63, 3.8) is 0 Å². The highest BCUT2D eigenvalue weighted by Crippen LogP contribution is 2.55. The second-order valence-corrected chi connectivity index (χ2v) is 11.1. The van der Waals surface area contributed by atoms with Crippen molar-refractivity contribution in [2.24, 2.45) is 17.8 Å². The molecule has 4 bridgehead atoms. The Labute approximate surface area is 208 Å². The minimum atomic E-state index is -0.375. The fraction of sp³-hybridized carbons (Fsp3) is 0.423. The minimum Gasteiger partial charge on any atom is -0.332 e. The van der Waals surface area contributed by atoms with Gasteiger partial charge in [0, 0.05) is 29.2 Å². The van der Waals surface area contributed by atoms with Crippen molar-refractivity contribution >= 4 is 23.7 Å². The van der Waals surface area contributed by atoms with E-state index >= 15 is 0 Å². The van der Waals surface area contributed by atoms with Crippen LogP contribution in [-0.4, -0.2) is 43.0 Å². The summed E-state index contributed by atoms with van der Waals surface area (Å²) in [6.07, 6.45) is 10.5. The van der Waals surface area contributed by atoms with Gasteiger partial charge in [0.25, 0.3) is 0 Å². The van der Waals surface area contributed by atoms with Crippen LogP contribution in [0.25, 0.3) is 17.1 Å². The highest BCUT2D eigenvalue weighted by atomic mass is 32.2. The van der Waals surface area contributed by atoms with Crippen LogP contribution < -0.4 is 10.6 Å². The molecule has 0 atom stereocenters. The Kier molecular flexibility index (Phi) is 5.80. The van der Waals surface area contributed by atoms with Crippen molar-refractivity contribution in [3.05, 3.63) is 54.9 Å². The Morgan fingerprint density at radius 1 is 0.943 bits per heavy atom. The minimum absolute atomic E-state index is 0.0651. The molecule has 0 aliphatic heterocycles. The summed E-state index contributed by atoms with van der Waals surface area (Å²) in [7, 11) is 0. The van der Waals surface area contributed by atoms with E-state index in [0.717, 1.165) is 48.3 Å². The van der Waals surface area contributed by atoms with Gasteiger partial charge in [-0.3, -0.25) is 19.7 Å². The van der Waals surface area contributed by atoms with Crippen LogP contribution in [-0.2, 0) is 4.79 Å². The zero-order chi connectivity index (χ0) is 23.8. The highest BCUT2D eigenvalue weighted by molar-refractivity contribution is 7.99. The second kappa shape index (κ2) is 9.11. The zero-order valence-electron chi connectivity index (χ0n) is 19.4. The maximum Gasteiger partial charge on any atom is 0.321 e. The van der Waals surface area contributed by atoms with E-state index in [9.17, 15) is 9.59 Å². The molecule has 0 saturated heterocycles. The number of amides is 3. The molecular weight excluding hydrogens is 460 g/mol. The predicted molar refractivity (Wildman–Crippen MR) is 133 cm³/mol. The lowest BCUT2D eigenvalue weighted by atomic mass is 9.53. The summed E-state index contributed by atoms with van der Waals surface area (Å²) in [6.45, 7) is 0. The smallest absolute Gasteiger partial charge is 0.321 e. The van der Waals surface area contributed by atoms with E-state index < -0.39 is 0 Å². The van der Waals surface area contributed by atoms with Crippen LogP contribution in [0.1, 0.15) is 38.5 Å². The highest BCUT2D eigenvalue weighted by Gasteiger charge is 2.51. The van der Waals surface area contributed by atoms with Crippen molar-refractivity contribution in [1.29, 1.82) is 0 Å². The Bertz CT molecular complexity index is 1190. The van der Waals surface area contributed by atoms with Gasteiger partial charge in [-0.05, 0) is 80.5 Å². The fourth-order valence-electron chi connectivity index (χ4n) is 6.69. The summed E-state index contributed by atoms with van der Waals surface area (Å²) >= 11 is 1.26. The number of rotatable bonds is 6. The van der Waals surface area contributed by atoms with Gasteiger partial charge in [-0.15, -0.1) is 10.2 Å². The summed E-state index contributed by atoms with van der Waals surface area (Å²) in [5, 5.41) is 15.0. The van der Waals surface area contributed by atoms with Crippen molar-refractivity contribution in [2.45, 2.75) is 49.2 Å². The lowest BCUT2D eigenvalue weighted by molar-refractivity contribution is -0.117. The van der Waals surface area contributed by atoms with Gasteiger partial charge < -0.3 is 5.32 Å². The summed E-state index contributed by atoms with van der Waals surface area (Å²) in [6, 6.07) is 13.2. The number of hydrogen-bond acceptors (Lipinski definition) is 6. The first-order chi connectivity index (χ1) is 17.1. The molecule has 7 rings (SSSR count). The fourth-order valence-corrected chi connectivity index (χ4v) is 7.44. The van der Waals surface area contributed by atoms with Crippen LogP contribution in [0.4, 0.5) is 4.79 Å². The van der Waals surface area contributed by atoms with Crippen LogP contribution in [0, 0.1) is 17.8 Å². The molecule has 8 nitrogen and oxygen atoms in total. The molecule has 9 heteroatoms. The van der Waals surface area contributed by atoms with Gasteiger partial charge in [0.2, 0.25) is 5.91 Å². The SMILES string of the molecule is O=C(CSc1nnc(-c2ccncc2)n1-c1ccccc1)NC(=O)NC12CC3CC(CC(C3)C1)C2. The van der Waals surface area contributed by atoms with Crippen LogP contribution >= 0.6 is 11.8 Å². The average Bonchev–Trinajstić information content (AvgIpc) is 3.26. The molecule has 2 N–H and O–H groups in total. The average molecular weight is 489 g/mol. The number of imide groups is 1. The van der Waals surface area contributed by atoms with E-state index in [-0.39, 0.29) is 23.2 Å². The Balaban J connectivity index is 1.12. The maximum absolute atomic E-state index is 12.7. The van der Waals surface area contributed by atoms with E-state index in [1.807, 2.05) is 47.0 Å². The summed E-state index contributed by atoms with van der Waals surface area (Å²) in [5.41, 5.74) is 1.65. The van der Waals surface area contributed by atoms with Crippen molar-refractivity contribution in [2.75, 3.05) is 5.75 Å². The van der Waals surface area contributed by atoms with Crippen molar-refractivity contribution in [1.82, 2.24) is 30.4 Å². The number of urea groups is 1. The normalized spacial score (nSPS) is 26.5. The molecule has 4 aliphatic rings. The molecule has 3 aromatic rings. The van der Waals surface area contributed by atoms with Crippen LogP contribution in [0.5, 0.6) is 0 Å². The Hall–Kier alpha value is -3.20. The third kappa shape index (κ3) is 4.57. The molecule has 4 fully saturated rings. The van der Waals surface area contributed by atoms with E-state index in [4.69, 9.17) is 0 Å². The predicted octanol–water partition coefficient (Wildman–Crippen LogP) is 4.22. The lowest BCUT2D eigenvalue weighted by Gasteiger charge is -2.56. The van der Waals surface area contributed by atoms with Crippen LogP contribution in [0.3, 0.4) is 0 Å². The zero-order valence-corrected chi connectivity index (χ0v) is 20.2. The number of para-hydroxylation sites is 1. The number of pyridine rings is 1. The molecule has 0 unspecified atom stereocenters. The van der Waals surface area contributed by atoms with Crippen LogP contribution in [0.15, 0.2) is 60.0 Å². The van der Waals surface area contributed by atoms with Gasteiger partial charge in [-0.2, -0.15) is 0 Å². The summed E-state index contributed by atoms with van der Waals surface area (Å²) in [4.78, 5) is 29.5. The molecule has 3 amide bonds. The molecule has 4 aliphatic carbocycles. The number of nitrogens with zero attached hydrogens (tertiary/aromatic N) is 4. The molecule has 35 heavy (non-hydrogen) atoms. The van der Waals surface area contributed by atoms with Gasteiger partial charge in [0.15, 0.2) is 11.0 Å². The topological polar surface area (TPSA) is 102 Å². The quantitative estimate of drug-likeness (QED) is 0.504. The van der Waals surface area contributed by atoms with Crippen LogP contribution in [0.2, 0.25) is 0 Å². The second-order valence-electron chi connectivity index (χ2n) is 10.2. The molecule has 0 spiro atoms. The first kappa shape index (κ1) is 22.3. The first-order valence-corrected chi connectivity index (χ1v) is 13.2. The largest absolute Gasteiger partial charge is 0.332 e. The first-order valence-electron chi connectivity index (χ1n) is 12.2. The number of benzene rings is 1. The number of nitrogens with one attached hydrogen (secondary N) is 2.